The Hall–Kier alpha value is -2.89. The van der Waals surface area contributed by atoms with Crippen molar-refractivity contribution in [2.75, 3.05) is 19.6 Å². The molecule has 6 heteroatoms. The van der Waals surface area contributed by atoms with Gasteiger partial charge >= 0.3 is 6.03 Å². The molecule has 1 aliphatic rings. The molecule has 4 rings (SSSR count). The van der Waals surface area contributed by atoms with Gasteiger partial charge in [-0.25, -0.2) is 9.18 Å². The molecule has 3 aromatic carbocycles. The summed E-state index contributed by atoms with van der Waals surface area (Å²) in [5.74, 6) is 0.257. The van der Waals surface area contributed by atoms with E-state index in [4.69, 9.17) is 11.6 Å². The standard InChI is InChI=1S/C29H33ClFN3O/c1-2-32-29(35)34(21-25-8-4-6-10-28(25)30)20-24-7-3-5-9-27(24)23-15-17-33(18-16-23)19-22-11-13-26(31)14-12-22/h3-14,23H,2,15-21H2,1H3,(H,32,35). The molecule has 4 nitrogen and oxygen atoms in total. The molecular formula is C29H33ClFN3O. The molecule has 3 aromatic rings. The molecule has 1 aliphatic heterocycles. The molecule has 0 saturated carbocycles. The Kier molecular flexibility index (Phi) is 8.78. The summed E-state index contributed by atoms with van der Waals surface area (Å²) in [5, 5.41) is 3.62. The van der Waals surface area contributed by atoms with Gasteiger partial charge in [0.25, 0.3) is 0 Å². The Balaban J connectivity index is 1.45. The minimum absolute atomic E-state index is 0.0867. The van der Waals surface area contributed by atoms with Crippen LogP contribution in [0, 0.1) is 5.82 Å². The zero-order valence-corrected chi connectivity index (χ0v) is 21.0. The maximum atomic E-state index is 13.2. The van der Waals surface area contributed by atoms with E-state index in [-0.39, 0.29) is 11.8 Å². The molecule has 0 radical (unpaired) electrons. The SMILES string of the molecule is CCNC(=O)N(Cc1ccccc1Cl)Cc1ccccc1C1CCN(Cc2ccc(F)cc2)CC1. The lowest BCUT2D eigenvalue weighted by Crippen LogP contribution is -2.39. The number of halogens is 2. The van der Waals surface area contributed by atoms with Crippen LogP contribution >= 0.6 is 11.6 Å². The number of nitrogens with zero attached hydrogens (tertiary/aromatic N) is 2. The predicted molar refractivity (Wildman–Crippen MR) is 140 cm³/mol. The van der Waals surface area contributed by atoms with Crippen molar-refractivity contribution in [2.24, 2.45) is 0 Å². The smallest absolute Gasteiger partial charge is 0.317 e. The highest BCUT2D eigenvalue weighted by atomic mass is 35.5. The van der Waals surface area contributed by atoms with Crippen LogP contribution in [0.3, 0.4) is 0 Å². The van der Waals surface area contributed by atoms with Crippen LogP contribution in [-0.2, 0) is 19.6 Å². The second kappa shape index (κ2) is 12.2. The number of urea groups is 1. The number of amides is 2. The molecule has 184 valence electrons. The maximum absolute atomic E-state index is 13.2. The van der Waals surface area contributed by atoms with Crippen molar-refractivity contribution in [1.29, 1.82) is 0 Å². The van der Waals surface area contributed by atoms with E-state index in [0.29, 0.717) is 30.6 Å². The van der Waals surface area contributed by atoms with Crippen molar-refractivity contribution < 1.29 is 9.18 Å². The summed E-state index contributed by atoms with van der Waals surface area (Å²) in [6.07, 6.45) is 2.12. The van der Waals surface area contributed by atoms with Gasteiger partial charge in [-0.15, -0.1) is 0 Å². The van der Waals surface area contributed by atoms with Gasteiger partial charge in [-0.05, 0) is 79.2 Å². The van der Waals surface area contributed by atoms with Crippen LogP contribution in [-0.4, -0.2) is 35.5 Å². The largest absolute Gasteiger partial charge is 0.338 e. The highest BCUT2D eigenvalue weighted by Gasteiger charge is 2.24. The number of nitrogens with one attached hydrogen (secondary N) is 1. The fourth-order valence-corrected chi connectivity index (χ4v) is 5.02. The van der Waals surface area contributed by atoms with Crippen LogP contribution in [0.2, 0.25) is 5.02 Å². The summed E-state index contributed by atoms with van der Waals surface area (Å²) in [5.41, 5.74) is 4.58. The summed E-state index contributed by atoms with van der Waals surface area (Å²) in [6.45, 7) is 6.33. The first-order valence-electron chi connectivity index (χ1n) is 12.3. The highest BCUT2D eigenvalue weighted by Crippen LogP contribution is 2.32. The summed E-state index contributed by atoms with van der Waals surface area (Å²) < 4.78 is 13.2. The monoisotopic (exact) mass is 493 g/mol. The van der Waals surface area contributed by atoms with Crippen molar-refractivity contribution >= 4 is 17.6 Å². The Labute approximate surface area is 212 Å². The molecule has 0 aliphatic carbocycles. The first-order chi connectivity index (χ1) is 17.0. The molecule has 0 spiro atoms. The van der Waals surface area contributed by atoms with Crippen molar-refractivity contribution in [3.8, 4) is 0 Å². The average Bonchev–Trinajstić information content (AvgIpc) is 2.87. The fourth-order valence-electron chi connectivity index (χ4n) is 4.83. The van der Waals surface area contributed by atoms with Crippen molar-refractivity contribution in [1.82, 2.24) is 15.1 Å². The molecular weight excluding hydrogens is 461 g/mol. The first-order valence-corrected chi connectivity index (χ1v) is 12.7. The lowest BCUT2D eigenvalue weighted by Gasteiger charge is -2.33. The van der Waals surface area contributed by atoms with Crippen LogP contribution < -0.4 is 5.32 Å². The van der Waals surface area contributed by atoms with Gasteiger partial charge < -0.3 is 10.2 Å². The number of piperidine rings is 1. The third kappa shape index (κ3) is 6.83. The van der Waals surface area contributed by atoms with Crippen LogP contribution in [0.5, 0.6) is 0 Å². The molecule has 2 amide bonds. The van der Waals surface area contributed by atoms with E-state index < -0.39 is 0 Å². The molecule has 1 N–H and O–H groups in total. The van der Waals surface area contributed by atoms with Crippen LogP contribution in [0.1, 0.15) is 47.9 Å². The van der Waals surface area contributed by atoms with Gasteiger partial charge in [-0.3, -0.25) is 4.90 Å². The van der Waals surface area contributed by atoms with E-state index in [1.165, 1.54) is 23.3 Å². The Bertz CT molecular complexity index is 1110. The van der Waals surface area contributed by atoms with E-state index in [0.717, 1.165) is 43.6 Å². The number of hydrogen-bond donors (Lipinski definition) is 1. The van der Waals surface area contributed by atoms with Crippen LogP contribution in [0.4, 0.5) is 9.18 Å². The Morgan fingerprint density at radius 1 is 0.971 bits per heavy atom. The van der Waals surface area contributed by atoms with Crippen molar-refractivity contribution in [3.63, 3.8) is 0 Å². The third-order valence-corrected chi connectivity index (χ3v) is 7.07. The first kappa shape index (κ1) is 25.2. The summed E-state index contributed by atoms with van der Waals surface area (Å²) in [4.78, 5) is 17.2. The molecule has 0 atom stereocenters. The summed E-state index contributed by atoms with van der Waals surface area (Å²) in [7, 11) is 0. The number of likely N-dealkylation sites (tertiary alicyclic amines) is 1. The molecule has 0 bridgehead atoms. The number of hydrogen-bond acceptors (Lipinski definition) is 2. The number of carbonyl (C=O) groups excluding carboxylic acids is 1. The van der Waals surface area contributed by atoms with Gasteiger partial charge in [0, 0.05) is 31.2 Å². The van der Waals surface area contributed by atoms with Crippen molar-refractivity contribution in [3.05, 3.63) is 106 Å². The Morgan fingerprint density at radius 2 is 1.60 bits per heavy atom. The molecule has 0 unspecified atom stereocenters. The molecule has 1 saturated heterocycles. The molecule has 0 aromatic heterocycles. The molecule has 35 heavy (non-hydrogen) atoms. The zero-order valence-electron chi connectivity index (χ0n) is 20.2. The van der Waals surface area contributed by atoms with Gasteiger partial charge in [-0.2, -0.15) is 0 Å². The highest BCUT2D eigenvalue weighted by molar-refractivity contribution is 6.31. The lowest BCUT2D eigenvalue weighted by atomic mass is 9.86. The van der Waals surface area contributed by atoms with Gasteiger partial charge in [0.05, 0.1) is 0 Å². The average molecular weight is 494 g/mol. The van der Waals surface area contributed by atoms with E-state index in [1.807, 2.05) is 54.3 Å². The van der Waals surface area contributed by atoms with Gasteiger partial charge in [0.1, 0.15) is 5.82 Å². The Morgan fingerprint density at radius 3 is 2.29 bits per heavy atom. The third-order valence-electron chi connectivity index (χ3n) is 6.70. The fraction of sp³-hybridized carbons (Fsp3) is 0.345. The minimum atomic E-state index is -0.194. The van der Waals surface area contributed by atoms with Crippen LogP contribution in [0.15, 0.2) is 72.8 Å². The zero-order chi connectivity index (χ0) is 24.6. The normalized spacial score (nSPS) is 14.6. The lowest BCUT2D eigenvalue weighted by molar-refractivity contribution is 0.191. The molecule has 1 heterocycles. The van der Waals surface area contributed by atoms with E-state index >= 15 is 0 Å². The molecule has 1 fully saturated rings. The van der Waals surface area contributed by atoms with Gasteiger partial charge in [0.2, 0.25) is 0 Å². The second-order valence-corrected chi connectivity index (χ2v) is 9.57. The minimum Gasteiger partial charge on any atom is -0.338 e. The van der Waals surface area contributed by atoms with Crippen molar-refractivity contribution in [2.45, 2.75) is 45.3 Å². The second-order valence-electron chi connectivity index (χ2n) is 9.16. The predicted octanol–water partition coefficient (Wildman–Crippen LogP) is 6.59. The van der Waals surface area contributed by atoms with Crippen LogP contribution in [0.25, 0.3) is 0 Å². The van der Waals surface area contributed by atoms with Gasteiger partial charge in [0.15, 0.2) is 0 Å². The van der Waals surface area contributed by atoms with E-state index in [2.05, 4.69) is 28.4 Å². The number of rotatable bonds is 8. The summed E-state index contributed by atoms with van der Waals surface area (Å²) >= 11 is 6.40. The van der Waals surface area contributed by atoms with E-state index in [9.17, 15) is 9.18 Å². The quantitative estimate of drug-likeness (QED) is 0.384. The number of carbonyl (C=O) groups is 1. The topological polar surface area (TPSA) is 35.6 Å². The van der Waals surface area contributed by atoms with E-state index in [1.54, 1.807) is 0 Å². The number of benzene rings is 3. The summed E-state index contributed by atoms with van der Waals surface area (Å²) in [6, 6.07) is 22.9. The van der Waals surface area contributed by atoms with Gasteiger partial charge in [-0.1, -0.05) is 66.2 Å². The maximum Gasteiger partial charge on any atom is 0.317 e.